The second-order valence-corrected chi connectivity index (χ2v) is 7.31. The maximum absolute atomic E-state index is 12.3. The Morgan fingerprint density at radius 2 is 1.79 bits per heavy atom. The lowest BCUT2D eigenvalue weighted by molar-refractivity contribution is -0.121. The van der Waals surface area contributed by atoms with Gasteiger partial charge in [-0.25, -0.2) is 4.79 Å². The summed E-state index contributed by atoms with van der Waals surface area (Å²) in [7, 11) is 0. The van der Waals surface area contributed by atoms with Crippen LogP contribution in [-0.2, 0) is 24.1 Å². The van der Waals surface area contributed by atoms with Crippen molar-refractivity contribution in [3.63, 3.8) is 0 Å². The normalized spacial score (nSPS) is 16.6. The number of hydrogen-bond donors (Lipinski definition) is 4. The first-order valence-corrected chi connectivity index (χ1v) is 9.36. The number of aromatic amines is 2. The van der Waals surface area contributed by atoms with E-state index < -0.39 is 5.69 Å². The molecule has 148 valence electrons. The highest BCUT2D eigenvalue weighted by molar-refractivity contribution is 5.79. The lowest BCUT2D eigenvalue weighted by atomic mass is 10.0. The maximum atomic E-state index is 12.3. The summed E-state index contributed by atoms with van der Waals surface area (Å²) < 4.78 is 10.8. The number of rotatable bonds is 4. The van der Waals surface area contributed by atoms with E-state index in [0.717, 1.165) is 35.5 Å². The van der Waals surface area contributed by atoms with E-state index in [0.29, 0.717) is 0 Å². The second-order valence-electron chi connectivity index (χ2n) is 7.31. The summed E-state index contributed by atoms with van der Waals surface area (Å²) in [5.74, 6) is 0.962. The van der Waals surface area contributed by atoms with E-state index in [-0.39, 0.29) is 36.7 Å². The average molecular weight is 393 g/mol. The molecule has 1 atom stereocenters. The molecule has 0 fully saturated rings. The fourth-order valence-corrected chi connectivity index (χ4v) is 3.95. The summed E-state index contributed by atoms with van der Waals surface area (Å²) in [5.41, 5.74) is 4.20. The van der Waals surface area contributed by atoms with Crippen molar-refractivity contribution in [1.29, 1.82) is 0 Å². The number of aromatic hydroxyl groups is 1. The Balaban J connectivity index is 1.28. The zero-order valence-corrected chi connectivity index (χ0v) is 15.5. The van der Waals surface area contributed by atoms with Crippen LogP contribution in [0.25, 0.3) is 11.1 Å². The highest BCUT2D eigenvalue weighted by Crippen LogP contribution is 2.37. The van der Waals surface area contributed by atoms with Gasteiger partial charge in [0.15, 0.2) is 11.5 Å². The minimum atomic E-state index is -0.533. The van der Waals surface area contributed by atoms with Gasteiger partial charge in [-0.1, -0.05) is 24.3 Å². The first-order chi connectivity index (χ1) is 14.0. The zero-order valence-electron chi connectivity index (χ0n) is 15.5. The van der Waals surface area contributed by atoms with Gasteiger partial charge in [-0.2, -0.15) is 0 Å². The minimum Gasteiger partial charge on any atom is -0.493 e. The number of hydrogen-bond acceptors (Lipinski definition) is 5. The van der Waals surface area contributed by atoms with E-state index in [1.165, 1.54) is 11.1 Å². The van der Waals surface area contributed by atoms with Crippen LogP contribution in [0, 0.1) is 0 Å². The summed E-state index contributed by atoms with van der Waals surface area (Å²) in [4.78, 5) is 28.1. The summed E-state index contributed by atoms with van der Waals surface area (Å²) in [5, 5.41) is 12.6. The fraction of sp³-hybridized carbons (Fsp3) is 0.238. The third kappa shape index (κ3) is 3.33. The molecule has 0 radical (unpaired) electrons. The predicted octanol–water partition coefficient (Wildman–Crippen LogP) is 1.63. The third-order valence-corrected chi connectivity index (χ3v) is 5.33. The van der Waals surface area contributed by atoms with Gasteiger partial charge in [0.1, 0.15) is 0 Å². The van der Waals surface area contributed by atoms with Crippen molar-refractivity contribution in [2.75, 3.05) is 6.79 Å². The van der Waals surface area contributed by atoms with E-state index in [1.807, 2.05) is 18.2 Å². The largest absolute Gasteiger partial charge is 0.493 e. The van der Waals surface area contributed by atoms with Crippen LogP contribution in [-0.4, -0.2) is 33.8 Å². The van der Waals surface area contributed by atoms with Crippen molar-refractivity contribution < 1.29 is 19.4 Å². The van der Waals surface area contributed by atoms with E-state index >= 15 is 0 Å². The second kappa shape index (κ2) is 6.73. The quantitative estimate of drug-likeness (QED) is 0.538. The smallest absolute Gasteiger partial charge is 0.325 e. The summed E-state index contributed by atoms with van der Waals surface area (Å²) in [6, 6.07) is 12.2. The van der Waals surface area contributed by atoms with Crippen molar-refractivity contribution in [1.82, 2.24) is 15.3 Å². The van der Waals surface area contributed by atoms with Crippen LogP contribution in [0.2, 0.25) is 0 Å². The molecule has 1 aliphatic carbocycles. The summed E-state index contributed by atoms with van der Waals surface area (Å²) in [6.07, 6.45) is 1.40. The maximum Gasteiger partial charge on any atom is 0.325 e. The number of aromatic nitrogens is 2. The van der Waals surface area contributed by atoms with Crippen LogP contribution < -0.4 is 20.5 Å². The Morgan fingerprint density at radius 3 is 2.62 bits per heavy atom. The number of fused-ring (bicyclic) bond motifs is 2. The van der Waals surface area contributed by atoms with Gasteiger partial charge < -0.3 is 24.9 Å². The molecule has 8 heteroatoms. The van der Waals surface area contributed by atoms with Gasteiger partial charge in [-0.3, -0.25) is 9.78 Å². The minimum absolute atomic E-state index is 0.0164. The first kappa shape index (κ1) is 17.4. The number of ether oxygens (including phenoxy) is 2. The van der Waals surface area contributed by atoms with Gasteiger partial charge in [0.25, 0.3) is 0 Å². The van der Waals surface area contributed by atoms with Crippen LogP contribution >= 0.6 is 0 Å². The topological polar surface area (TPSA) is 116 Å². The van der Waals surface area contributed by atoms with E-state index in [2.05, 4.69) is 33.5 Å². The number of carbonyl (C=O) groups is 1. The number of imidazole rings is 1. The van der Waals surface area contributed by atoms with Crippen molar-refractivity contribution in [2.24, 2.45) is 0 Å². The Hall–Kier alpha value is -3.68. The van der Waals surface area contributed by atoms with Crippen LogP contribution in [0.3, 0.4) is 0 Å². The molecule has 4 N–H and O–H groups in total. The van der Waals surface area contributed by atoms with Crippen molar-refractivity contribution >= 4 is 5.91 Å². The summed E-state index contributed by atoms with van der Waals surface area (Å²) in [6.45, 7) is 0.249. The Kier molecular flexibility index (Phi) is 4.04. The van der Waals surface area contributed by atoms with Gasteiger partial charge in [0.05, 0.1) is 12.1 Å². The molecule has 1 aromatic heterocycles. The fourth-order valence-electron chi connectivity index (χ4n) is 3.95. The molecular formula is C21H19N3O5. The molecule has 2 aliphatic rings. The lowest BCUT2D eigenvalue weighted by Crippen LogP contribution is -2.36. The number of amides is 1. The Labute approximate surface area is 165 Å². The van der Waals surface area contributed by atoms with Gasteiger partial charge >= 0.3 is 5.69 Å². The molecule has 0 saturated carbocycles. The highest BCUT2D eigenvalue weighted by atomic mass is 16.7. The number of carbonyl (C=O) groups excluding carboxylic acids is 1. The van der Waals surface area contributed by atoms with Crippen molar-refractivity contribution in [2.45, 2.75) is 25.3 Å². The van der Waals surface area contributed by atoms with Crippen LogP contribution in [0.4, 0.5) is 0 Å². The molecule has 5 rings (SSSR count). The molecule has 29 heavy (non-hydrogen) atoms. The van der Waals surface area contributed by atoms with Crippen LogP contribution in [0.15, 0.2) is 41.2 Å². The van der Waals surface area contributed by atoms with Crippen molar-refractivity contribution in [3.8, 4) is 28.5 Å². The van der Waals surface area contributed by atoms with E-state index in [1.54, 1.807) is 0 Å². The SMILES string of the molecule is O=C(Cc1[nH]c(=O)[nH]c1O)NC1Cc2ccc(-c3ccc4c(c3)OCO4)cc2C1. The van der Waals surface area contributed by atoms with Crippen LogP contribution in [0.5, 0.6) is 17.4 Å². The highest BCUT2D eigenvalue weighted by Gasteiger charge is 2.24. The molecular weight excluding hydrogens is 374 g/mol. The molecule has 3 aromatic rings. The third-order valence-electron chi connectivity index (χ3n) is 5.33. The molecule has 1 unspecified atom stereocenters. The number of H-pyrrole nitrogens is 2. The molecule has 1 amide bonds. The van der Waals surface area contributed by atoms with Gasteiger partial charge in [0, 0.05) is 6.04 Å². The molecule has 2 heterocycles. The average Bonchev–Trinajstić information content (AvgIpc) is 3.38. The molecule has 1 aliphatic heterocycles. The monoisotopic (exact) mass is 393 g/mol. The Bertz CT molecular complexity index is 1160. The van der Waals surface area contributed by atoms with Crippen LogP contribution in [0.1, 0.15) is 16.8 Å². The number of nitrogens with one attached hydrogen (secondary N) is 3. The molecule has 8 nitrogen and oxygen atoms in total. The molecule has 0 saturated heterocycles. The molecule has 2 aromatic carbocycles. The van der Waals surface area contributed by atoms with Gasteiger partial charge in [0.2, 0.25) is 18.6 Å². The zero-order chi connectivity index (χ0) is 20.0. The Morgan fingerprint density at radius 1 is 1.03 bits per heavy atom. The van der Waals surface area contributed by atoms with E-state index in [9.17, 15) is 14.7 Å². The van der Waals surface area contributed by atoms with E-state index in [4.69, 9.17) is 9.47 Å². The number of benzene rings is 2. The first-order valence-electron chi connectivity index (χ1n) is 9.36. The molecule has 0 spiro atoms. The summed E-state index contributed by atoms with van der Waals surface area (Å²) >= 11 is 0. The predicted molar refractivity (Wildman–Crippen MR) is 104 cm³/mol. The lowest BCUT2D eigenvalue weighted by Gasteiger charge is -2.11. The van der Waals surface area contributed by atoms with Gasteiger partial charge in [-0.15, -0.1) is 0 Å². The molecule has 0 bridgehead atoms. The van der Waals surface area contributed by atoms with Gasteiger partial charge in [-0.05, 0) is 47.2 Å². The standard InChI is InChI=1S/C21H19N3O5/c25-19(9-16-20(26)24-21(27)23-16)22-15-6-12-2-1-11(5-14(12)7-15)13-3-4-17-18(8-13)29-10-28-17/h1-5,8,15,26H,6-7,9-10H2,(H,22,25)(H2,23,24,27). The van der Waals surface area contributed by atoms with Crippen molar-refractivity contribution in [3.05, 3.63) is 63.7 Å².